The number of hydrogen-bond donors (Lipinski definition) is 2. The second-order valence-corrected chi connectivity index (χ2v) is 9.44. The maximum atomic E-state index is 13.6. The zero-order valence-corrected chi connectivity index (χ0v) is 20.4. The third kappa shape index (κ3) is 4.40. The number of para-hydroxylation sites is 1. The van der Waals surface area contributed by atoms with Gasteiger partial charge in [0.1, 0.15) is 5.00 Å². The van der Waals surface area contributed by atoms with Crippen molar-refractivity contribution in [3.8, 4) is 11.3 Å². The van der Waals surface area contributed by atoms with Crippen molar-refractivity contribution in [1.82, 2.24) is 9.88 Å². The number of aromatic nitrogens is 1. The summed E-state index contributed by atoms with van der Waals surface area (Å²) in [7, 11) is 0. The minimum Gasteiger partial charge on any atom is -0.450 e. The van der Waals surface area contributed by atoms with Gasteiger partial charge < -0.3 is 20.7 Å². The summed E-state index contributed by atoms with van der Waals surface area (Å²) >= 11 is 1.26. The van der Waals surface area contributed by atoms with Gasteiger partial charge in [-0.2, -0.15) is 0 Å². The molecule has 0 saturated heterocycles. The SMILES string of the molecule is CCOC(=O)N1CCc2c(sc(NC(=O)c3cc(-c4ccccc4)nc4ccccc34)c2C(N)=O)C1. The highest BCUT2D eigenvalue weighted by molar-refractivity contribution is 7.17. The molecule has 0 unspecified atom stereocenters. The number of hydrogen-bond acceptors (Lipinski definition) is 6. The summed E-state index contributed by atoms with van der Waals surface area (Å²) in [5, 5.41) is 4.00. The van der Waals surface area contributed by atoms with Crippen LogP contribution in [0.2, 0.25) is 0 Å². The van der Waals surface area contributed by atoms with Crippen LogP contribution in [0.3, 0.4) is 0 Å². The van der Waals surface area contributed by atoms with Gasteiger partial charge in [-0.1, -0.05) is 48.5 Å². The molecule has 1 aliphatic heterocycles. The molecule has 36 heavy (non-hydrogen) atoms. The van der Waals surface area contributed by atoms with Gasteiger partial charge in [0.15, 0.2) is 0 Å². The van der Waals surface area contributed by atoms with E-state index in [-0.39, 0.29) is 12.5 Å². The first-order chi connectivity index (χ1) is 17.5. The molecule has 3 amide bonds. The summed E-state index contributed by atoms with van der Waals surface area (Å²) in [6.07, 6.45) is 0.0502. The second kappa shape index (κ2) is 9.79. The molecule has 1 aliphatic rings. The van der Waals surface area contributed by atoms with Gasteiger partial charge in [-0.25, -0.2) is 9.78 Å². The van der Waals surface area contributed by atoms with Crippen molar-refractivity contribution in [1.29, 1.82) is 0 Å². The molecule has 2 aromatic heterocycles. The van der Waals surface area contributed by atoms with Gasteiger partial charge in [0.25, 0.3) is 11.8 Å². The third-order valence-electron chi connectivity index (χ3n) is 6.09. The molecule has 0 aliphatic carbocycles. The normalized spacial score (nSPS) is 12.8. The summed E-state index contributed by atoms with van der Waals surface area (Å²) in [6, 6.07) is 18.8. The van der Waals surface area contributed by atoms with Crippen LogP contribution in [0.1, 0.15) is 38.1 Å². The molecule has 3 heterocycles. The van der Waals surface area contributed by atoms with E-state index in [1.54, 1.807) is 17.9 Å². The third-order valence-corrected chi connectivity index (χ3v) is 7.22. The quantitative estimate of drug-likeness (QED) is 0.407. The number of nitrogens with one attached hydrogen (secondary N) is 1. The minimum atomic E-state index is -0.614. The number of primary amides is 1. The number of benzene rings is 2. The molecule has 4 aromatic rings. The minimum absolute atomic E-state index is 0.283. The van der Waals surface area contributed by atoms with Crippen LogP contribution in [0.25, 0.3) is 22.2 Å². The van der Waals surface area contributed by atoms with Crippen LogP contribution in [0.5, 0.6) is 0 Å². The molecule has 0 fully saturated rings. The lowest BCUT2D eigenvalue weighted by Crippen LogP contribution is -2.36. The number of rotatable bonds is 5. The Kier molecular flexibility index (Phi) is 6.39. The summed E-state index contributed by atoms with van der Waals surface area (Å²) in [5.41, 5.74) is 9.49. The van der Waals surface area contributed by atoms with Crippen LogP contribution in [0.4, 0.5) is 9.80 Å². The Morgan fingerprint density at radius 1 is 1.11 bits per heavy atom. The lowest BCUT2D eigenvalue weighted by molar-refractivity contribution is 0.0997. The van der Waals surface area contributed by atoms with Crippen molar-refractivity contribution >= 4 is 45.1 Å². The smallest absolute Gasteiger partial charge is 0.410 e. The molecule has 8 nitrogen and oxygen atoms in total. The zero-order chi connectivity index (χ0) is 25.2. The lowest BCUT2D eigenvalue weighted by atomic mass is 10.0. The number of carbonyl (C=O) groups is 3. The Morgan fingerprint density at radius 3 is 2.61 bits per heavy atom. The lowest BCUT2D eigenvalue weighted by Gasteiger charge is -2.26. The Bertz CT molecular complexity index is 1480. The molecule has 0 radical (unpaired) electrons. The number of amides is 3. The van der Waals surface area contributed by atoms with Gasteiger partial charge in [0, 0.05) is 22.4 Å². The Balaban J connectivity index is 1.52. The number of ether oxygens (including phenoxy) is 1. The van der Waals surface area contributed by atoms with E-state index in [1.165, 1.54) is 11.3 Å². The van der Waals surface area contributed by atoms with Crippen LogP contribution in [0.15, 0.2) is 60.7 Å². The van der Waals surface area contributed by atoms with Crippen LogP contribution in [-0.4, -0.2) is 40.9 Å². The topological polar surface area (TPSA) is 115 Å². The van der Waals surface area contributed by atoms with E-state index in [1.807, 2.05) is 54.6 Å². The van der Waals surface area contributed by atoms with Crippen LogP contribution >= 0.6 is 11.3 Å². The van der Waals surface area contributed by atoms with Gasteiger partial charge in [0.2, 0.25) is 0 Å². The van der Waals surface area contributed by atoms with E-state index in [9.17, 15) is 14.4 Å². The fraction of sp³-hybridized carbons (Fsp3) is 0.185. The number of nitrogens with zero attached hydrogens (tertiary/aromatic N) is 2. The molecule has 2 aromatic carbocycles. The van der Waals surface area contributed by atoms with E-state index < -0.39 is 12.0 Å². The van der Waals surface area contributed by atoms with E-state index in [2.05, 4.69) is 5.32 Å². The fourth-order valence-electron chi connectivity index (χ4n) is 4.41. The average molecular weight is 501 g/mol. The number of pyridine rings is 1. The van der Waals surface area contributed by atoms with Crippen LogP contribution in [-0.2, 0) is 17.7 Å². The van der Waals surface area contributed by atoms with Gasteiger partial charge in [-0.3, -0.25) is 9.59 Å². The molecule has 3 N–H and O–H groups in total. The Labute approximate surface area is 211 Å². The Morgan fingerprint density at radius 2 is 1.86 bits per heavy atom. The largest absolute Gasteiger partial charge is 0.450 e. The first kappa shape index (κ1) is 23.5. The first-order valence-corrected chi connectivity index (χ1v) is 12.4. The number of carbonyl (C=O) groups excluding carboxylic acids is 3. The van der Waals surface area contributed by atoms with E-state index >= 15 is 0 Å². The fourth-order valence-corrected chi connectivity index (χ4v) is 5.68. The highest BCUT2D eigenvalue weighted by Gasteiger charge is 2.30. The van der Waals surface area contributed by atoms with Gasteiger partial charge in [0.05, 0.1) is 35.5 Å². The molecular formula is C27H24N4O4S. The zero-order valence-electron chi connectivity index (χ0n) is 19.6. The molecule has 182 valence electrons. The molecule has 5 rings (SSSR count). The summed E-state index contributed by atoms with van der Waals surface area (Å²) in [4.78, 5) is 45.3. The standard InChI is InChI=1S/C27H24N4O4S/c1-2-35-27(34)31-13-12-18-22(15-31)36-26(23(18)24(28)32)30-25(33)19-14-21(16-8-4-3-5-9-16)29-20-11-7-6-10-17(19)20/h3-11,14H,2,12-13,15H2,1H3,(H2,28,32)(H,30,33). The first-order valence-electron chi connectivity index (χ1n) is 11.6. The predicted octanol–water partition coefficient (Wildman–Crippen LogP) is 4.83. The van der Waals surface area contributed by atoms with Crippen LogP contribution < -0.4 is 11.1 Å². The maximum Gasteiger partial charge on any atom is 0.410 e. The van der Waals surface area contributed by atoms with Crippen LogP contribution in [0, 0.1) is 0 Å². The molecule has 0 atom stereocenters. The van der Waals surface area contributed by atoms with Crippen molar-refractivity contribution in [3.05, 3.63) is 82.2 Å². The number of fused-ring (bicyclic) bond motifs is 2. The van der Waals surface area contributed by atoms with Crippen molar-refractivity contribution in [2.45, 2.75) is 19.9 Å². The van der Waals surface area contributed by atoms with Gasteiger partial charge >= 0.3 is 6.09 Å². The molecule has 0 spiro atoms. The maximum absolute atomic E-state index is 13.6. The molecular weight excluding hydrogens is 476 g/mol. The molecule has 9 heteroatoms. The van der Waals surface area contributed by atoms with E-state index in [0.29, 0.717) is 52.2 Å². The van der Waals surface area contributed by atoms with E-state index in [0.717, 1.165) is 16.0 Å². The van der Waals surface area contributed by atoms with Gasteiger partial charge in [-0.05, 0) is 31.0 Å². The number of anilines is 1. The number of thiophene rings is 1. The summed E-state index contributed by atoms with van der Waals surface area (Å²) < 4.78 is 5.12. The summed E-state index contributed by atoms with van der Waals surface area (Å²) in [6.45, 7) is 2.74. The van der Waals surface area contributed by atoms with Crippen molar-refractivity contribution in [3.63, 3.8) is 0 Å². The molecule has 0 saturated carbocycles. The highest BCUT2D eigenvalue weighted by atomic mass is 32.1. The predicted molar refractivity (Wildman–Crippen MR) is 139 cm³/mol. The van der Waals surface area contributed by atoms with Gasteiger partial charge in [-0.15, -0.1) is 11.3 Å². The van der Waals surface area contributed by atoms with Crippen molar-refractivity contribution < 1.29 is 19.1 Å². The summed E-state index contributed by atoms with van der Waals surface area (Å²) in [5.74, 6) is -0.980. The molecule has 0 bridgehead atoms. The average Bonchev–Trinajstić information content (AvgIpc) is 3.25. The van der Waals surface area contributed by atoms with Crippen molar-refractivity contribution in [2.24, 2.45) is 5.73 Å². The van der Waals surface area contributed by atoms with Crippen molar-refractivity contribution in [2.75, 3.05) is 18.5 Å². The second-order valence-electron chi connectivity index (χ2n) is 8.33. The monoisotopic (exact) mass is 500 g/mol. The number of nitrogens with two attached hydrogens (primary N) is 1. The Hall–Kier alpha value is -4.24. The highest BCUT2D eigenvalue weighted by Crippen LogP contribution is 2.37. The van der Waals surface area contributed by atoms with E-state index in [4.69, 9.17) is 15.5 Å².